The Morgan fingerprint density at radius 2 is 2.10 bits per heavy atom. The van der Waals surface area contributed by atoms with E-state index in [2.05, 4.69) is 10.3 Å². The lowest BCUT2D eigenvalue weighted by atomic mass is 10.2. The standard InChI is InChI=1S/C15H18ClN3O/c1-17-15(18-10-13-7-5-9-20-13)19(2)11-12-6-3-4-8-14(12)16/h3-9H,10-11H2,1-2H3,(H,17,18). The van der Waals surface area contributed by atoms with Crippen LogP contribution in [0.15, 0.2) is 52.1 Å². The van der Waals surface area contributed by atoms with Crippen LogP contribution in [0.2, 0.25) is 5.02 Å². The van der Waals surface area contributed by atoms with Gasteiger partial charge in [0.2, 0.25) is 0 Å². The van der Waals surface area contributed by atoms with Crippen molar-refractivity contribution in [1.82, 2.24) is 10.2 Å². The summed E-state index contributed by atoms with van der Waals surface area (Å²) in [4.78, 5) is 6.28. The molecule has 0 aliphatic heterocycles. The SMILES string of the molecule is CN=C(NCc1ccco1)N(C)Cc1ccccc1Cl. The maximum absolute atomic E-state index is 6.17. The van der Waals surface area contributed by atoms with Crippen LogP contribution in [0.5, 0.6) is 0 Å². The molecular weight excluding hydrogens is 274 g/mol. The molecule has 0 fully saturated rings. The summed E-state index contributed by atoms with van der Waals surface area (Å²) in [6.07, 6.45) is 1.66. The molecule has 0 saturated carbocycles. The molecule has 0 aliphatic carbocycles. The number of nitrogens with zero attached hydrogens (tertiary/aromatic N) is 2. The maximum atomic E-state index is 6.17. The van der Waals surface area contributed by atoms with E-state index in [1.807, 2.05) is 48.3 Å². The van der Waals surface area contributed by atoms with E-state index in [0.29, 0.717) is 13.1 Å². The number of guanidine groups is 1. The number of aliphatic imine (C=N–C) groups is 1. The smallest absolute Gasteiger partial charge is 0.194 e. The van der Waals surface area contributed by atoms with Gasteiger partial charge in [0.05, 0.1) is 12.8 Å². The highest BCUT2D eigenvalue weighted by atomic mass is 35.5. The van der Waals surface area contributed by atoms with Crippen LogP contribution in [0.25, 0.3) is 0 Å². The molecule has 0 unspecified atom stereocenters. The van der Waals surface area contributed by atoms with Crippen molar-refractivity contribution in [3.8, 4) is 0 Å². The Morgan fingerprint density at radius 1 is 1.30 bits per heavy atom. The maximum Gasteiger partial charge on any atom is 0.194 e. The number of hydrogen-bond acceptors (Lipinski definition) is 2. The summed E-state index contributed by atoms with van der Waals surface area (Å²) >= 11 is 6.17. The predicted octanol–water partition coefficient (Wildman–Crippen LogP) is 3.14. The molecule has 106 valence electrons. The van der Waals surface area contributed by atoms with E-state index in [1.165, 1.54) is 0 Å². The van der Waals surface area contributed by atoms with E-state index in [1.54, 1.807) is 13.3 Å². The minimum Gasteiger partial charge on any atom is -0.467 e. The Hall–Kier alpha value is -1.94. The average Bonchev–Trinajstić information content (AvgIpc) is 2.95. The molecule has 0 aliphatic rings. The first-order valence-electron chi connectivity index (χ1n) is 6.38. The van der Waals surface area contributed by atoms with Gasteiger partial charge in [-0.05, 0) is 23.8 Å². The molecule has 2 rings (SSSR count). The molecule has 0 saturated heterocycles. The van der Waals surface area contributed by atoms with Crippen LogP contribution >= 0.6 is 11.6 Å². The minimum atomic E-state index is 0.604. The van der Waals surface area contributed by atoms with Crippen LogP contribution in [0.3, 0.4) is 0 Å². The molecule has 1 N–H and O–H groups in total. The van der Waals surface area contributed by atoms with E-state index in [9.17, 15) is 0 Å². The van der Waals surface area contributed by atoms with Gasteiger partial charge in [0.25, 0.3) is 0 Å². The number of rotatable bonds is 4. The van der Waals surface area contributed by atoms with Gasteiger partial charge in [0.15, 0.2) is 5.96 Å². The van der Waals surface area contributed by atoms with Crippen molar-refractivity contribution in [2.45, 2.75) is 13.1 Å². The number of nitrogens with one attached hydrogen (secondary N) is 1. The summed E-state index contributed by atoms with van der Waals surface area (Å²) < 4.78 is 5.29. The molecule has 5 heteroatoms. The highest BCUT2D eigenvalue weighted by Crippen LogP contribution is 2.16. The Bertz CT molecular complexity index is 566. The fourth-order valence-electron chi connectivity index (χ4n) is 1.92. The van der Waals surface area contributed by atoms with E-state index >= 15 is 0 Å². The summed E-state index contributed by atoms with van der Waals surface area (Å²) in [6, 6.07) is 11.6. The fourth-order valence-corrected chi connectivity index (χ4v) is 2.12. The summed E-state index contributed by atoms with van der Waals surface area (Å²) in [7, 11) is 3.73. The molecule has 0 atom stereocenters. The zero-order chi connectivity index (χ0) is 14.4. The van der Waals surface area contributed by atoms with Gasteiger partial charge < -0.3 is 14.6 Å². The van der Waals surface area contributed by atoms with Gasteiger partial charge in [0, 0.05) is 25.7 Å². The van der Waals surface area contributed by atoms with Crippen molar-refractivity contribution in [2.75, 3.05) is 14.1 Å². The van der Waals surface area contributed by atoms with Crippen molar-refractivity contribution in [3.05, 3.63) is 59.0 Å². The normalized spacial score (nSPS) is 11.4. The zero-order valence-corrected chi connectivity index (χ0v) is 12.4. The van der Waals surface area contributed by atoms with Crippen molar-refractivity contribution in [2.24, 2.45) is 4.99 Å². The third kappa shape index (κ3) is 3.78. The van der Waals surface area contributed by atoms with Crippen LogP contribution in [-0.2, 0) is 13.1 Å². The molecule has 0 radical (unpaired) electrons. The van der Waals surface area contributed by atoms with Crippen molar-refractivity contribution < 1.29 is 4.42 Å². The van der Waals surface area contributed by atoms with Gasteiger partial charge in [-0.25, -0.2) is 0 Å². The third-order valence-electron chi connectivity index (χ3n) is 2.94. The molecule has 0 bridgehead atoms. The fraction of sp³-hybridized carbons (Fsp3) is 0.267. The summed E-state index contributed by atoms with van der Waals surface area (Å²) in [5, 5.41) is 4.02. The Balaban J connectivity index is 1.95. The lowest BCUT2D eigenvalue weighted by Crippen LogP contribution is -2.38. The molecule has 20 heavy (non-hydrogen) atoms. The van der Waals surface area contributed by atoms with Crippen LogP contribution < -0.4 is 5.32 Å². The van der Waals surface area contributed by atoms with Crippen molar-refractivity contribution in [3.63, 3.8) is 0 Å². The molecule has 2 aromatic rings. The summed E-state index contributed by atoms with van der Waals surface area (Å²) in [6.45, 7) is 1.30. The Morgan fingerprint density at radius 3 is 2.75 bits per heavy atom. The lowest BCUT2D eigenvalue weighted by Gasteiger charge is -2.22. The van der Waals surface area contributed by atoms with Crippen LogP contribution in [0.4, 0.5) is 0 Å². The van der Waals surface area contributed by atoms with Gasteiger partial charge in [-0.1, -0.05) is 29.8 Å². The van der Waals surface area contributed by atoms with Gasteiger partial charge in [-0.3, -0.25) is 4.99 Å². The second-order valence-electron chi connectivity index (χ2n) is 4.43. The van der Waals surface area contributed by atoms with Crippen molar-refractivity contribution in [1.29, 1.82) is 0 Å². The number of hydrogen-bond donors (Lipinski definition) is 1. The highest BCUT2D eigenvalue weighted by Gasteiger charge is 2.09. The first-order valence-corrected chi connectivity index (χ1v) is 6.76. The first-order chi connectivity index (χ1) is 9.70. The van der Waals surface area contributed by atoms with Gasteiger partial charge in [-0.2, -0.15) is 0 Å². The molecule has 1 aromatic heterocycles. The quantitative estimate of drug-likeness (QED) is 0.695. The number of halogens is 1. The second-order valence-corrected chi connectivity index (χ2v) is 4.83. The number of benzene rings is 1. The molecule has 0 spiro atoms. The van der Waals surface area contributed by atoms with Crippen LogP contribution in [0.1, 0.15) is 11.3 Å². The largest absolute Gasteiger partial charge is 0.467 e. The predicted molar refractivity (Wildman–Crippen MR) is 81.8 cm³/mol. The van der Waals surface area contributed by atoms with E-state index < -0.39 is 0 Å². The molecular formula is C15H18ClN3O. The van der Waals surface area contributed by atoms with Gasteiger partial charge in [-0.15, -0.1) is 0 Å². The Labute approximate surface area is 124 Å². The van der Waals surface area contributed by atoms with Crippen LogP contribution in [0, 0.1) is 0 Å². The van der Waals surface area contributed by atoms with Gasteiger partial charge in [0.1, 0.15) is 5.76 Å². The molecule has 0 amide bonds. The monoisotopic (exact) mass is 291 g/mol. The molecule has 1 aromatic carbocycles. The summed E-state index contributed by atoms with van der Waals surface area (Å²) in [5.74, 6) is 1.67. The third-order valence-corrected chi connectivity index (χ3v) is 3.31. The Kier molecular flexibility index (Phi) is 5.07. The topological polar surface area (TPSA) is 40.8 Å². The van der Waals surface area contributed by atoms with Crippen molar-refractivity contribution >= 4 is 17.6 Å². The van der Waals surface area contributed by atoms with E-state index in [4.69, 9.17) is 16.0 Å². The average molecular weight is 292 g/mol. The van der Waals surface area contributed by atoms with E-state index in [0.717, 1.165) is 22.3 Å². The molecule has 4 nitrogen and oxygen atoms in total. The van der Waals surface area contributed by atoms with Gasteiger partial charge >= 0.3 is 0 Å². The number of furan rings is 1. The lowest BCUT2D eigenvalue weighted by molar-refractivity contribution is 0.459. The van der Waals surface area contributed by atoms with E-state index in [-0.39, 0.29) is 0 Å². The first kappa shape index (κ1) is 14.5. The second kappa shape index (κ2) is 7.01. The minimum absolute atomic E-state index is 0.604. The highest BCUT2D eigenvalue weighted by molar-refractivity contribution is 6.31. The molecule has 1 heterocycles. The van der Waals surface area contributed by atoms with Crippen LogP contribution in [-0.4, -0.2) is 25.0 Å². The zero-order valence-electron chi connectivity index (χ0n) is 11.6. The summed E-state index contributed by atoms with van der Waals surface area (Å²) in [5.41, 5.74) is 1.07.